The Morgan fingerprint density at radius 2 is 1.87 bits per heavy atom. The average Bonchev–Trinajstić information content (AvgIpc) is 2.59. The maximum atomic E-state index is 12.2. The van der Waals surface area contributed by atoms with Crippen LogP contribution in [0.5, 0.6) is 0 Å². The molecule has 0 aliphatic carbocycles. The van der Waals surface area contributed by atoms with E-state index in [9.17, 15) is 4.79 Å². The third-order valence-electron chi connectivity index (χ3n) is 4.45. The Morgan fingerprint density at radius 1 is 1.17 bits per heavy atom. The maximum absolute atomic E-state index is 12.2. The Balaban J connectivity index is 1.55. The fourth-order valence-electron chi connectivity index (χ4n) is 2.97. The van der Waals surface area contributed by atoms with Gasteiger partial charge in [0.2, 0.25) is 0 Å². The minimum absolute atomic E-state index is 0.0123. The normalized spacial score (nSPS) is 15.7. The number of benzene rings is 2. The minimum Gasteiger partial charge on any atom is -0.350 e. The summed E-state index contributed by atoms with van der Waals surface area (Å²) < 4.78 is 0.981. The summed E-state index contributed by atoms with van der Waals surface area (Å²) in [5, 5.41) is 3.04. The summed E-state index contributed by atoms with van der Waals surface area (Å²) in [6, 6.07) is 16.4. The van der Waals surface area contributed by atoms with Crippen molar-refractivity contribution >= 4 is 21.8 Å². The van der Waals surface area contributed by atoms with Crippen molar-refractivity contribution in [2.45, 2.75) is 25.9 Å². The molecule has 1 heterocycles. The van der Waals surface area contributed by atoms with E-state index in [0.29, 0.717) is 18.2 Å². The van der Waals surface area contributed by atoms with E-state index >= 15 is 0 Å². The summed E-state index contributed by atoms with van der Waals surface area (Å²) >= 11 is 3.38. The molecule has 1 atom stereocenters. The van der Waals surface area contributed by atoms with E-state index in [-0.39, 0.29) is 5.91 Å². The molecule has 4 heteroatoms. The molecule has 23 heavy (non-hydrogen) atoms. The molecule has 3 rings (SSSR count). The van der Waals surface area contributed by atoms with Crippen LogP contribution >= 0.6 is 15.9 Å². The van der Waals surface area contributed by atoms with Gasteiger partial charge < -0.3 is 5.32 Å². The number of hydrogen-bond donors (Lipinski definition) is 1. The molecule has 1 aliphatic rings. The molecular formula is C19H21BrN2O. The van der Waals surface area contributed by atoms with E-state index < -0.39 is 0 Å². The van der Waals surface area contributed by atoms with Gasteiger partial charge in [-0.05, 0) is 48.7 Å². The summed E-state index contributed by atoms with van der Waals surface area (Å²) in [5.41, 5.74) is 3.56. The van der Waals surface area contributed by atoms with Crippen molar-refractivity contribution in [3.63, 3.8) is 0 Å². The smallest absolute Gasteiger partial charge is 0.251 e. The van der Waals surface area contributed by atoms with E-state index in [2.05, 4.69) is 57.3 Å². The standard InChI is InChI=1S/C19H21BrN2O/c1-14(12-21-19(23)16-6-8-18(20)9-7-16)22-11-10-15-4-2-3-5-17(15)13-22/h2-9,14H,10-13H2,1H3,(H,21,23). The molecule has 1 N–H and O–H groups in total. The van der Waals surface area contributed by atoms with E-state index in [4.69, 9.17) is 0 Å². The average molecular weight is 373 g/mol. The predicted octanol–water partition coefficient (Wildman–Crippen LogP) is 3.63. The quantitative estimate of drug-likeness (QED) is 0.888. The van der Waals surface area contributed by atoms with Gasteiger partial charge in [-0.25, -0.2) is 0 Å². The highest BCUT2D eigenvalue weighted by atomic mass is 79.9. The molecule has 0 aromatic heterocycles. The summed E-state index contributed by atoms with van der Waals surface area (Å²) in [5.74, 6) is -0.0123. The Labute approximate surface area is 145 Å². The van der Waals surface area contributed by atoms with Crippen molar-refractivity contribution in [3.05, 3.63) is 69.7 Å². The van der Waals surface area contributed by atoms with Crippen LogP contribution in [0.2, 0.25) is 0 Å². The van der Waals surface area contributed by atoms with Crippen molar-refractivity contribution in [2.75, 3.05) is 13.1 Å². The molecule has 0 saturated carbocycles. The third kappa shape index (κ3) is 4.01. The van der Waals surface area contributed by atoms with Gasteiger partial charge in [-0.15, -0.1) is 0 Å². The first-order chi connectivity index (χ1) is 11.1. The van der Waals surface area contributed by atoms with Crippen molar-refractivity contribution in [1.29, 1.82) is 0 Å². The SMILES string of the molecule is CC(CNC(=O)c1ccc(Br)cc1)N1CCc2ccccc2C1. The summed E-state index contributed by atoms with van der Waals surface area (Å²) in [7, 11) is 0. The molecule has 120 valence electrons. The lowest BCUT2D eigenvalue weighted by Gasteiger charge is -2.33. The number of hydrogen-bond acceptors (Lipinski definition) is 2. The largest absolute Gasteiger partial charge is 0.350 e. The van der Waals surface area contributed by atoms with E-state index in [0.717, 1.165) is 24.0 Å². The Bertz CT molecular complexity index is 684. The Kier molecular flexibility index (Phi) is 5.13. The van der Waals surface area contributed by atoms with Crippen LogP contribution in [0, 0.1) is 0 Å². The van der Waals surface area contributed by atoms with E-state index in [1.165, 1.54) is 11.1 Å². The number of nitrogens with zero attached hydrogens (tertiary/aromatic N) is 1. The first kappa shape index (κ1) is 16.2. The van der Waals surface area contributed by atoms with Gasteiger partial charge in [0.05, 0.1) is 0 Å². The van der Waals surface area contributed by atoms with Crippen LogP contribution in [0.1, 0.15) is 28.4 Å². The van der Waals surface area contributed by atoms with E-state index in [1.807, 2.05) is 24.3 Å². The molecular weight excluding hydrogens is 352 g/mol. The third-order valence-corrected chi connectivity index (χ3v) is 4.98. The number of nitrogens with one attached hydrogen (secondary N) is 1. The monoisotopic (exact) mass is 372 g/mol. The molecule has 3 nitrogen and oxygen atoms in total. The number of fused-ring (bicyclic) bond motifs is 1. The zero-order valence-corrected chi connectivity index (χ0v) is 14.8. The molecule has 1 amide bonds. The van der Waals surface area contributed by atoms with Crippen LogP contribution in [-0.2, 0) is 13.0 Å². The minimum atomic E-state index is -0.0123. The lowest BCUT2D eigenvalue weighted by Crippen LogP contribution is -2.44. The summed E-state index contributed by atoms with van der Waals surface area (Å²) in [6.07, 6.45) is 1.08. The van der Waals surface area contributed by atoms with Crippen LogP contribution in [0.4, 0.5) is 0 Å². The van der Waals surface area contributed by atoms with Gasteiger partial charge in [0.15, 0.2) is 0 Å². The van der Waals surface area contributed by atoms with Gasteiger partial charge in [0.25, 0.3) is 5.91 Å². The van der Waals surface area contributed by atoms with E-state index in [1.54, 1.807) is 0 Å². The van der Waals surface area contributed by atoms with Gasteiger partial charge in [-0.1, -0.05) is 40.2 Å². The second kappa shape index (κ2) is 7.28. The van der Waals surface area contributed by atoms with Crippen molar-refractivity contribution < 1.29 is 4.79 Å². The van der Waals surface area contributed by atoms with Gasteiger partial charge in [0.1, 0.15) is 0 Å². The van der Waals surface area contributed by atoms with Crippen molar-refractivity contribution in [2.24, 2.45) is 0 Å². The highest BCUT2D eigenvalue weighted by Crippen LogP contribution is 2.20. The molecule has 2 aromatic carbocycles. The molecule has 0 saturated heterocycles. The Hall–Kier alpha value is -1.65. The molecule has 0 bridgehead atoms. The van der Waals surface area contributed by atoms with Crippen molar-refractivity contribution in [1.82, 2.24) is 10.2 Å². The Morgan fingerprint density at radius 3 is 2.61 bits per heavy atom. The maximum Gasteiger partial charge on any atom is 0.251 e. The van der Waals surface area contributed by atoms with Gasteiger partial charge in [-0.3, -0.25) is 9.69 Å². The van der Waals surface area contributed by atoms with Crippen LogP contribution in [0.15, 0.2) is 53.0 Å². The second-order valence-electron chi connectivity index (χ2n) is 6.06. The first-order valence-electron chi connectivity index (χ1n) is 7.98. The molecule has 0 radical (unpaired) electrons. The second-order valence-corrected chi connectivity index (χ2v) is 6.97. The topological polar surface area (TPSA) is 32.3 Å². The lowest BCUT2D eigenvalue weighted by molar-refractivity contribution is 0.0932. The first-order valence-corrected chi connectivity index (χ1v) is 8.77. The van der Waals surface area contributed by atoms with Gasteiger partial charge >= 0.3 is 0 Å². The highest BCUT2D eigenvalue weighted by Gasteiger charge is 2.20. The fraction of sp³-hybridized carbons (Fsp3) is 0.316. The van der Waals surface area contributed by atoms with Gasteiger partial charge in [-0.2, -0.15) is 0 Å². The number of amides is 1. The van der Waals surface area contributed by atoms with Crippen LogP contribution in [0.25, 0.3) is 0 Å². The molecule has 1 unspecified atom stereocenters. The number of rotatable bonds is 4. The van der Waals surface area contributed by atoms with Crippen LogP contribution < -0.4 is 5.32 Å². The summed E-state index contributed by atoms with van der Waals surface area (Å²) in [4.78, 5) is 14.6. The zero-order chi connectivity index (χ0) is 16.2. The van der Waals surface area contributed by atoms with Crippen LogP contribution in [-0.4, -0.2) is 29.9 Å². The molecule has 0 spiro atoms. The fourth-order valence-corrected chi connectivity index (χ4v) is 3.23. The molecule has 1 aliphatic heterocycles. The highest BCUT2D eigenvalue weighted by molar-refractivity contribution is 9.10. The summed E-state index contributed by atoms with van der Waals surface area (Å²) in [6.45, 7) is 4.85. The zero-order valence-electron chi connectivity index (χ0n) is 13.3. The number of halogens is 1. The van der Waals surface area contributed by atoms with Crippen LogP contribution in [0.3, 0.4) is 0 Å². The number of carbonyl (C=O) groups excluding carboxylic acids is 1. The molecule has 0 fully saturated rings. The predicted molar refractivity (Wildman–Crippen MR) is 96.5 cm³/mol. The lowest BCUT2D eigenvalue weighted by atomic mass is 9.99. The number of carbonyl (C=O) groups is 1. The van der Waals surface area contributed by atoms with Gasteiger partial charge in [0, 0.05) is 35.7 Å². The van der Waals surface area contributed by atoms with Crippen molar-refractivity contribution in [3.8, 4) is 0 Å². The molecule has 2 aromatic rings.